The predicted molar refractivity (Wildman–Crippen MR) is 58.9 cm³/mol. The van der Waals surface area contributed by atoms with Gasteiger partial charge in [0, 0.05) is 5.66 Å². The molecule has 0 aromatic rings. The monoisotopic (exact) mass is 201 g/mol. The Hall–Kier alpha value is -0.0600. The molecule has 13 heavy (non-hydrogen) atoms. The lowest BCUT2D eigenvalue weighted by atomic mass is 9.88. The topological polar surface area (TPSA) is 30.9 Å². The van der Waals surface area contributed by atoms with Gasteiger partial charge in [-0.25, -0.2) is 0 Å². The fourth-order valence-electron chi connectivity index (χ4n) is 1.89. The molecule has 0 amide bonds. The lowest BCUT2D eigenvalue weighted by Crippen LogP contribution is -2.96. The fourth-order valence-corrected chi connectivity index (χ4v) is 2.15. The first-order valence-corrected chi connectivity index (χ1v) is 5.41. The lowest BCUT2D eigenvalue weighted by Gasteiger charge is -2.39. The van der Waals surface area contributed by atoms with E-state index in [-0.39, 0.29) is 5.66 Å². The highest BCUT2D eigenvalue weighted by molar-refractivity contribution is 7.73. The highest BCUT2D eigenvalue weighted by atomic mass is 32.1. The predicted octanol–water partition coefficient (Wildman–Crippen LogP) is 1.59. The molecule has 3 unspecified atom stereocenters. The number of rotatable bonds is 4. The van der Waals surface area contributed by atoms with Crippen LogP contribution in [0.1, 0.15) is 40.0 Å². The Kier molecular flexibility index (Phi) is 3.76. The molecular formula is C9H19N3S. The van der Waals surface area contributed by atoms with E-state index in [2.05, 4.69) is 44.0 Å². The van der Waals surface area contributed by atoms with Crippen LogP contribution in [0.3, 0.4) is 0 Å². The van der Waals surface area contributed by atoms with E-state index in [1.165, 1.54) is 12.8 Å². The van der Waals surface area contributed by atoms with E-state index in [1.807, 2.05) is 0 Å². The highest BCUT2D eigenvalue weighted by Crippen LogP contribution is 2.32. The minimum atomic E-state index is -0.234. The lowest BCUT2D eigenvalue weighted by molar-refractivity contribution is -0.583. The summed E-state index contributed by atoms with van der Waals surface area (Å²) < 4.78 is 0.761. The van der Waals surface area contributed by atoms with Crippen LogP contribution >= 0.6 is 12.8 Å². The average Bonchev–Trinajstić information content (AvgIpc) is 2.43. The molecule has 0 saturated heterocycles. The summed E-state index contributed by atoms with van der Waals surface area (Å²) in [6, 6.07) is 0. The van der Waals surface area contributed by atoms with Crippen LogP contribution in [0, 0.1) is 5.92 Å². The van der Waals surface area contributed by atoms with Crippen LogP contribution in [0.15, 0.2) is 4.99 Å². The number of hydrogen-bond acceptors (Lipinski definition) is 2. The zero-order valence-electron chi connectivity index (χ0n) is 8.62. The van der Waals surface area contributed by atoms with Gasteiger partial charge in [-0.2, -0.15) is 0 Å². The summed E-state index contributed by atoms with van der Waals surface area (Å²) in [7, 11) is 0. The Labute approximate surface area is 86.1 Å². The summed E-state index contributed by atoms with van der Waals surface area (Å²) in [5.74, 6) is 0.554. The van der Waals surface area contributed by atoms with Crippen molar-refractivity contribution in [2.24, 2.45) is 10.9 Å². The minimum Gasteiger partial charge on any atom is -0.410 e. The van der Waals surface area contributed by atoms with Gasteiger partial charge in [0.05, 0.1) is 12.8 Å². The van der Waals surface area contributed by atoms with Gasteiger partial charge in [-0.05, 0) is 5.92 Å². The second-order valence-corrected chi connectivity index (χ2v) is 4.17. The van der Waals surface area contributed by atoms with E-state index in [1.54, 1.807) is 6.34 Å². The molecule has 0 aliphatic carbocycles. The zero-order chi connectivity index (χ0) is 9.90. The van der Waals surface area contributed by atoms with Gasteiger partial charge in [-0.3, -0.25) is 9.41 Å². The van der Waals surface area contributed by atoms with E-state index in [9.17, 15) is 0 Å². The molecule has 3 nitrogen and oxygen atoms in total. The van der Waals surface area contributed by atoms with Crippen molar-refractivity contribution in [1.82, 2.24) is 0 Å². The normalized spacial score (nSPS) is 35.2. The molecular weight excluding hydrogens is 182 g/mol. The molecule has 0 aromatic carbocycles. The van der Waals surface area contributed by atoms with Gasteiger partial charge in [0.1, 0.15) is 0 Å². The molecule has 0 fully saturated rings. The molecule has 0 radical (unpaired) electrons. The van der Waals surface area contributed by atoms with Crippen molar-refractivity contribution in [3.8, 4) is 0 Å². The van der Waals surface area contributed by atoms with Gasteiger partial charge in [0.25, 0.3) is 0 Å². The maximum absolute atomic E-state index is 4.47. The van der Waals surface area contributed by atoms with Crippen LogP contribution in [0.4, 0.5) is 0 Å². The van der Waals surface area contributed by atoms with Gasteiger partial charge in [0.2, 0.25) is 0 Å². The van der Waals surface area contributed by atoms with Gasteiger partial charge in [-0.15, -0.1) is 0 Å². The quantitative estimate of drug-likeness (QED) is 0.647. The molecule has 1 heterocycles. The molecule has 1 aliphatic rings. The largest absolute Gasteiger partial charge is 0.410 e. The summed E-state index contributed by atoms with van der Waals surface area (Å²) >= 11 is 4.21. The Bertz CT molecular complexity index is 195. The van der Waals surface area contributed by atoms with E-state index in [4.69, 9.17) is 0 Å². The van der Waals surface area contributed by atoms with Crippen LogP contribution in [-0.2, 0) is 0 Å². The first-order valence-electron chi connectivity index (χ1n) is 4.96. The van der Waals surface area contributed by atoms with Gasteiger partial charge >= 0.3 is 0 Å². The molecule has 0 bridgehead atoms. The van der Waals surface area contributed by atoms with Gasteiger partial charge in [0.15, 0.2) is 6.34 Å². The zero-order valence-corrected chi connectivity index (χ0v) is 9.51. The molecule has 3 atom stereocenters. The Balaban J connectivity index is 2.62. The van der Waals surface area contributed by atoms with Crippen molar-refractivity contribution >= 4 is 19.2 Å². The molecule has 0 spiro atoms. The third-order valence-electron chi connectivity index (χ3n) is 2.69. The second-order valence-electron chi connectivity index (χ2n) is 3.72. The third kappa shape index (κ3) is 2.45. The van der Waals surface area contributed by atoms with E-state index >= 15 is 0 Å². The number of thiol groups is 1. The van der Waals surface area contributed by atoms with Gasteiger partial charge in [-0.1, -0.05) is 40.0 Å². The first kappa shape index (κ1) is 11.0. The molecule has 76 valence electrons. The molecule has 0 aromatic heterocycles. The van der Waals surface area contributed by atoms with Crippen molar-refractivity contribution in [3.63, 3.8) is 0 Å². The molecule has 4 heteroatoms. The number of aliphatic imine (C=N–C) groups is 1. The maximum Gasteiger partial charge on any atom is 0.184 e. The number of quaternary nitrogens is 1. The van der Waals surface area contributed by atoms with Crippen molar-refractivity contribution in [2.45, 2.75) is 45.7 Å². The summed E-state index contributed by atoms with van der Waals surface area (Å²) in [6.07, 6.45) is 5.28. The van der Waals surface area contributed by atoms with Crippen LogP contribution in [0.25, 0.3) is 5.43 Å². The van der Waals surface area contributed by atoms with Crippen molar-refractivity contribution in [1.29, 1.82) is 0 Å². The summed E-state index contributed by atoms with van der Waals surface area (Å²) in [4.78, 5) is 4.43. The summed E-state index contributed by atoms with van der Waals surface area (Å²) in [5, 5.41) is 0. The smallest absolute Gasteiger partial charge is 0.184 e. The van der Waals surface area contributed by atoms with Gasteiger partial charge < -0.3 is 5.43 Å². The van der Waals surface area contributed by atoms with Crippen LogP contribution < -0.4 is 4.41 Å². The van der Waals surface area contributed by atoms with Crippen LogP contribution in [-0.4, -0.2) is 12.0 Å². The number of nitrogens with zero attached hydrogens (tertiary/aromatic N) is 2. The van der Waals surface area contributed by atoms with E-state index < -0.39 is 0 Å². The molecule has 0 saturated carbocycles. The Morgan fingerprint density at radius 1 is 1.62 bits per heavy atom. The van der Waals surface area contributed by atoms with E-state index in [0.717, 1.165) is 10.8 Å². The first-order chi connectivity index (χ1) is 6.12. The Morgan fingerprint density at radius 3 is 2.69 bits per heavy atom. The van der Waals surface area contributed by atoms with E-state index in [0.29, 0.717) is 5.92 Å². The average molecular weight is 201 g/mol. The molecule has 1 N–H and O–H groups in total. The van der Waals surface area contributed by atoms with Crippen molar-refractivity contribution in [3.05, 3.63) is 5.43 Å². The van der Waals surface area contributed by atoms with Crippen molar-refractivity contribution in [2.75, 3.05) is 0 Å². The standard InChI is InChI=1S/C9H19N3S/c1-4-6-8(5-2)9(3)10-7-12(13)11-9/h7-8,12-13H,4-6H2,1-3H3. The minimum absolute atomic E-state index is 0.234. The highest BCUT2D eigenvalue weighted by Gasteiger charge is 2.29. The SMILES string of the molecule is CCCC(CC)C1(C)N=C[NH+](S)[N-]1. The molecule has 1 aliphatic heterocycles. The summed E-state index contributed by atoms with van der Waals surface area (Å²) in [5.41, 5.74) is 4.23. The third-order valence-corrected chi connectivity index (χ3v) is 2.90. The summed E-state index contributed by atoms with van der Waals surface area (Å²) in [6.45, 7) is 6.50. The fraction of sp³-hybridized carbons (Fsp3) is 0.889. The molecule has 1 rings (SSSR count). The van der Waals surface area contributed by atoms with Crippen molar-refractivity contribution < 1.29 is 4.41 Å². The number of nitrogens with one attached hydrogen (secondary N) is 1. The Morgan fingerprint density at radius 2 is 2.31 bits per heavy atom. The second kappa shape index (κ2) is 4.44. The van der Waals surface area contributed by atoms with Crippen LogP contribution in [0.5, 0.6) is 0 Å². The van der Waals surface area contributed by atoms with Crippen LogP contribution in [0.2, 0.25) is 0 Å². The maximum atomic E-state index is 4.47. The number of hydrogen-bond donors (Lipinski definition) is 2.